The highest BCUT2D eigenvalue weighted by atomic mass is 16.5. The molecule has 1 amide bonds. The number of hydrogen-bond acceptors (Lipinski definition) is 9. The van der Waals surface area contributed by atoms with Gasteiger partial charge in [-0.05, 0) is 40.3 Å². The van der Waals surface area contributed by atoms with E-state index in [1.807, 2.05) is 14.0 Å². The Morgan fingerprint density at radius 2 is 1.49 bits per heavy atom. The molecule has 39 heavy (non-hydrogen) atoms. The van der Waals surface area contributed by atoms with E-state index in [2.05, 4.69) is 4.90 Å². The van der Waals surface area contributed by atoms with Gasteiger partial charge < -0.3 is 39.2 Å². The Labute approximate surface area is 229 Å². The number of hydrogen-bond donors (Lipinski definition) is 3. The molecule has 0 saturated carbocycles. The molecule has 0 aromatic heterocycles. The topological polar surface area (TPSA) is 121 Å². The maximum Gasteiger partial charge on any atom is 0.227 e. The molecule has 10 nitrogen and oxygen atoms in total. The number of carbonyl (C=O) groups is 1. The zero-order valence-electron chi connectivity index (χ0n) is 24.0. The highest BCUT2D eigenvalue weighted by Gasteiger charge is 2.49. The molecular formula is C29H40N2O8. The van der Waals surface area contributed by atoms with Crippen LogP contribution in [0.2, 0.25) is 0 Å². The van der Waals surface area contributed by atoms with Crippen molar-refractivity contribution in [1.29, 1.82) is 0 Å². The number of phenols is 2. The van der Waals surface area contributed by atoms with E-state index in [4.69, 9.17) is 18.9 Å². The number of amides is 1. The van der Waals surface area contributed by atoms with E-state index in [-0.39, 0.29) is 36.9 Å². The van der Waals surface area contributed by atoms with Crippen molar-refractivity contribution in [3.8, 4) is 34.5 Å². The summed E-state index contributed by atoms with van der Waals surface area (Å²) >= 11 is 0. The number of phenolic OH excluding ortho intramolecular Hbond substituents is 2. The summed E-state index contributed by atoms with van der Waals surface area (Å²) in [6, 6.07) is -1.56. The largest absolute Gasteiger partial charge is 0.507 e. The third-order valence-corrected chi connectivity index (χ3v) is 8.42. The average molecular weight is 545 g/mol. The Balaban J connectivity index is 2.10. The first-order chi connectivity index (χ1) is 18.6. The minimum absolute atomic E-state index is 0.0178. The van der Waals surface area contributed by atoms with Gasteiger partial charge in [0.05, 0.1) is 53.0 Å². The highest BCUT2D eigenvalue weighted by molar-refractivity contribution is 5.85. The number of nitrogens with zero attached hydrogens (tertiary/aromatic N) is 2. The number of benzene rings is 2. The summed E-state index contributed by atoms with van der Waals surface area (Å²) in [5.74, 6) is 1.49. The average Bonchev–Trinajstić information content (AvgIpc) is 3.04. The van der Waals surface area contributed by atoms with E-state index in [1.165, 1.54) is 21.3 Å². The molecule has 0 saturated heterocycles. The number of carbonyl (C=O) groups excluding carboxylic acids is 1. The molecule has 3 N–H and O–H groups in total. The Morgan fingerprint density at radius 1 is 0.872 bits per heavy atom. The number of aliphatic hydroxyl groups is 1. The third kappa shape index (κ3) is 4.21. The quantitative estimate of drug-likeness (QED) is 0.460. The predicted molar refractivity (Wildman–Crippen MR) is 145 cm³/mol. The molecule has 0 bridgehead atoms. The summed E-state index contributed by atoms with van der Waals surface area (Å²) in [6.07, 6.45) is 0.500. The van der Waals surface area contributed by atoms with E-state index in [9.17, 15) is 20.1 Å². The van der Waals surface area contributed by atoms with Gasteiger partial charge in [0, 0.05) is 40.0 Å². The van der Waals surface area contributed by atoms with Gasteiger partial charge in [-0.3, -0.25) is 9.69 Å². The number of fused-ring (bicyclic) bond motifs is 3. The molecule has 0 fully saturated rings. The highest BCUT2D eigenvalue weighted by Crippen LogP contribution is 2.56. The predicted octanol–water partition coefficient (Wildman–Crippen LogP) is 3.17. The first kappa shape index (κ1) is 28.6. The lowest BCUT2D eigenvalue weighted by molar-refractivity contribution is -0.138. The zero-order chi connectivity index (χ0) is 28.8. The second-order valence-corrected chi connectivity index (χ2v) is 10.2. The molecule has 2 aliphatic rings. The molecule has 2 heterocycles. The minimum Gasteiger partial charge on any atom is -0.507 e. The molecule has 10 heteroatoms. The van der Waals surface area contributed by atoms with Crippen molar-refractivity contribution in [3.63, 3.8) is 0 Å². The molecule has 0 radical (unpaired) electrons. The van der Waals surface area contributed by atoms with E-state index in [0.29, 0.717) is 69.3 Å². The fourth-order valence-electron chi connectivity index (χ4n) is 6.67. The van der Waals surface area contributed by atoms with Gasteiger partial charge >= 0.3 is 0 Å². The summed E-state index contributed by atoms with van der Waals surface area (Å²) in [7, 11) is 8.02. The third-order valence-electron chi connectivity index (χ3n) is 8.42. The Hall–Kier alpha value is -3.37. The molecule has 1 unspecified atom stereocenters. The van der Waals surface area contributed by atoms with Crippen LogP contribution in [0.3, 0.4) is 0 Å². The van der Waals surface area contributed by atoms with E-state index < -0.39 is 18.1 Å². The lowest BCUT2D eigenvalue weighted by atomic mass is 9.79. The molecule has 2 aromatic carbocycles. The van der Waals surface area contributed by atoms with E-state index in [1.54, 1.807) is 25.9 Å². The van der Waals surface area contributed by atoms with Crippen molar-refractivity contribution in [2.45, 2.75) is 58.2 Å². The van der Waals surface area contributed by atoms with Crippen LogP contribution in [-0.2, 0) is 17.6 Å². The van der Waals surface area contributed by atoms with Crippen LogP contribution in [-0.4, -0.2) is 85.7 Å². The van der Waals surface area contributed by atoms with Crippen molar-refractivity contribution < 1.29 is 39.1 Å². The maximum atomic E-state index is 14.2. The molecular weight excluding hydrogens is 504 g/mol. The number of rotatable bonds is 8. The van der Waals surface area contributed by atoms with Gasteiger partial charge in [-0.15, -0.1) is 0 Å². The second kappa shape index (κ2) is 11.0. The SMILES string of the molecule is CCN(C)C1c2c(O)c(OC)c(C)c(OC)c2CC(=O)N2[C@@H](CCO)c3c(c(O)c(C)c(OC)c3OC)C[C@@H]12. The lowest BCUT2D eigenvalue weighted by Gasteiger charge is -2.48. The number of aromatic hydroxyl groups is 2. The van der Waals surface area contributed by atoms with Crippen LogP contribution in [0.25, 0.3) is 0 Å². The Kier molecular flexibility index (Phi) is 8.09. The first-order valence-electron chi connectivity index (χ1n) is 13.2. The van der Waals surface area contributed by atoms with Crippen LogP contribution in [0.4, 0.5) is 0 Å². The Morgan fingerprint density at radius 3 is 2.03 bits per heavy atom. The van der Waals surface area contributed by atoms with Gasteiger partial charge in [-0.25, -0.2) is 0 Å². The van der Waals surface area contributed by atoms with E-state index in [0.717, 1.165) is 0 Å². The summed E-state index contributed by atoms with van der Waals surface area (Å²) in [6.45, 7) is 5.99. The zero-order valence-corrected chi connectivity index (χ0v) is 24.0. The van der Waals surface area contributed by atoms with Crippen molar-refractivity contribution in [3.05, 3.63) is 33.4 Å². The molecule has 2 aromatic rings. The summed E-state index contributed by atoms with van der Waals surface area (Å²) in [5, 5.41) is 33.2. The molecule has 2 aliphatic heterocycles. The molecule has 3 atom stereocenters. The van der Waals surface area contributed by atoms with Gasteiger partial charge in [-0.1, -0.05) is 6.92 Å². The van der Waals surface area contributed by atoms with Crippen LogP contribution in [0, 0.1) is 13.8 Å². The van der Waals surface area contributed by atoms with Crippen LogP contribution in [0.1, 0.15) is 58.8 Å². The van der Waals surface area contributed by atoms with E-state index >= 15 is 0 Å². The van der Waals surface area contributed by atoms with Crippen molar-refractivity contribution in [2.75, 3.05) is 48.6 Å². The number of methoxy groups -OCH3 is 4. The lowest BCUT2D eigenvalue weighted by Crippen LogP contribution is -2.52. The molecule has 214 valence electrons. The molecule has 0 aliphatic carbocycles. The van der Waals surface area contributed by atoms with Crippen LogP contribution in [0.15, 0.2) is 0 Å². The van der Waals surface area contributed by atoms with Crippen LogP contribution in [0.5, 0.6) is 34.5 Å². The summed E-state index contributed by atoms with van der Waals surface area (Å²) < 4.78 is 22.8. The van der Waals surface area contributed by atoms with Gasteiger partial charge in [0.15, 0.2) is 23.0 Å². The standard InChI is InChI=1S/C29H40N2O8/c1-9-30(4)23-19-12-16-21(29(39-8)28(38-7)14(2)24(16)34)18(10-11-32)31(19)20(33)13-17-22(23)25(35)27(37-6)15(3)26(17)36-5/h18-19,23,32,34-35H,9-13H2,1-8H3/t18-,19-,23?/m0/s1. The summed E-state index contributed by atoms with van der Waals surface area (Å²) in [5.41, 5.74) is 3.59. The first-order valence-corrected chi connectivity index (χ1v) is 13.2. The van der Waals surface area contributed by atoms with Gasteiger partial charge in [-0.2, -0.15) is 0 Å². The molecule has 0 spiro atoms. The fraction of sp³-hybridized carbons (Fsp3) is 0.552. The second-order valence-electron chi connectivity index (χ2n) is 10.2. The normalized spacial score (nSPS) is 20.2. The summed E-state index contributed by atoms with van der Waals surface area (Å²) in [4.78, 5) is 18.1. The number of likely N-dealkylation sites (N-methyl/N-ethyl adjacent to an activating group) is 1. The van der Waals surface area contributed by atoms with Gasteiger partial charge in [0.1, 0.15) is 11.5 Å². The van der Waals surface area contributed by atoms with Crippen molar-refractivity contribution in [1.82, 2.24) is 9.80 Å². The van der Waals surface area contributed by atoms with Crippen LogP contribution >= 0.6 is 0 Å². The number of ether oxygens (including phenoxy) is 4. The number of aliphatic hydroxyl groups excluding tert-OH is 1. The molecule has 4 rings (SSSR count). The van der Waals surface area contributed by atoms with Gasteiger partial charge in [0.2, 0.25) is 5.91 Å². The monoisotopic (exact) mass is 544 g/mol. The van der Waals surface area contributed by atoms with Gasteiger partial charge in [0.25, 0.3) is 0 Å². The van der Waals surface area contributed by atoms with Crippen molar-refractivity contribution in [2.24, 2.45) is 0 Å². The Bertz CT molecular complexity index is 1280. The minimum atomic E-state index is -0.607. The fourth-order valence-corrected chi connectivity index (χ4v) is 6.67. The van der Waals surface area contributed by atoms with Crippen LogP contribution < -0.4 is 18.9 Å². The smallest absolute Gasteiger partial charge is 0.227 e. The van der Waals surface area contributed by atoms with Crippen molar-refractivity contribution >= 4 is 5.91 Å². The maximum absolute atomic E-state index is 14.2.